The van der Waals surface area contributed by atoms with Crippen LogP contribution in [0.2, 0.25) is 0 Å². The van der Waals surface area contributed by atoms with Crippen LogP contribution in [0.1, 0.15) is 28.5 Å². The second kappa shape index (κ2) is 10.7. The molecule has 3 heterocycles. The lowest BCUT2D eigenvalue weighted by Crippen LogP contribution is -2.14. The molecule has 1 aromatic carbocycles. The Morgan fingerprint density at radius 1 is 1.09 bits per heavy atom. The molecule has 4 aromatic rings. The van der Waals surface area contributed by atoms with Crippen molar-refractivity contribution in [1.29, 1.82) is 0 Å². The highest BCUT2D eigenvalue weighted by molar-refractivity contribution is 6.04. The molecule has 0 radical (unpaired) electrons. The predicted octanol–water partition coefficient (Wildman–Crippen LogP) is 3.98. The number of carbonyl (C=O) groups is 1. The van der Waals surface area contributed by atoms with Gasteiger partial charge in [0.05, 0.1) is 12.3 Å². The van der Waals surface area contributed by atoms with Crippen LogP contribution < -0.4 is 16.0 Å². The molecular formula is C25H28N8O2. The van der Waals surface area contributed by atoms with Crippen molar-refractivity contribution in [2.45, 2.75) is 26.4 Å². The molecule has 4 rings (SSSR count). The molecule has 0 saturated carbocycles. The summed E-state index contributed by atoms with van der Waals surface area (Å²) < 4.78 is 6.99. The Kier molecular flexibility index (Phi) is 7.32. The summed E-state index contributed by atoms with van der Waals surface area (Å²) in [7, 11) is 3.45. The molecule has 0 saturated heterocycles. The van der Waals surface area contributed by atoms with Crippen LogP contribution in [0.3, 0.4) is 0 Å². The monoisotopic (exact) mass is 472 g/mol. The number of anilines is 4. The van der Waals surface area contributed by atoms with E-state index in [0.29, 0.717) is 29.3 Å². The van der Waals surface area contributed by atoms with E-state index in [4.69, 9.17) is 4.74 Å². The fourth-order valence-corrected chi connectivity index (χ4v) is 3.46. The first kappa shape index (κ1) is 23.8. The van der Waals surface area contributed by atoms with Crippen molar-refractivity contribution >= 4 is 28.9 Å². The van der Waals surface area contributed by atoms with Crippen molar-refractivity contribution in [1.82, 2.24) is 24.7 Å². The Morgan fingerprint density at radius 3 is 2.74 bits per heavy atom. The summed E-state index contributed by atoms with van der Waals surface area (Å²) in [6, 6.07) is 12.8. The van der Waals surface area contributed by atoms with Crippen LogP contribution in [0, 0.1) is 6.92 Å². The first-order valence-electron chi connectivity index (χ1n) is 11.2. The Bertz CT molecular complexity index is 1320. The van der Waals surface area contributed by atoms with E-state index in [-0.39, 0.29) is 12.0 Å². The lowest BCUT2D eigenvalue weighted by Gasteiger charge is -2.14. The van der Waals surface area contributed by atoms with E-state index in [1.54, 1.807) is 49.4 Å². The first-order valence-corrected chi connectivity index (χ1v) is 11.2. The summed E-state index contributed by atoms with van der Waals surface area (Å²) in [6.45, 7) is 3.95. The van der Waals surface area contributed by atoms with Gasteiger partial charge in [0.1, 0.15) is 18.0 Å². The standard InChI is InChI=1S/C25H28N8O2/c1-16-5-6-19(31-25(34)18-7-9-27-20(12-18)11-17(2)35-4)13-21(16)32-23-8-10-30-33(23)24-14-22(26-3)28-15-29-24/h5-10,12-15,17,32H,11H2,1-4H3,(H,31,34)(H,26,28,29). The minimum Gasteiger partial charge on any atom is -0.381 e. The third kappa shape index (κ3) is 5.79. The molecule has 1 unspecified atom stereocenters. The highest BCUT2D eigenvalue weighted by Crippen LogP contribution is 2.26. The quantitative estimate of drug-likeness (QED) is 0.335. The van der Waals surface area contributed by atoms with Crippen LogP contribution in [0.4, 0.5) is 23.0 Å². The van der Waals surface area contributed by atoms with Gasteiger partial charge >= 0.3 is 0 Å². The van der Waals surface area contributed by atoms with Crippen LogP contribution in [-0.4, -0.2) is 50.9 Å². The van der Waals surface area contributed by atoms with E-state index < -0.39 is 0 Å². The summed E-state index contributed by atoms with van der Waals surface area (Å²) in [6.07, 6.45) is 5.46. The summed E-state index contributed by atoms with van der Waals surface area (Å²) in [5, 5.41) is 13.7. The lowest BCUT2D eigenvalue weighted by atomic mass is 10.1. The van der Waals surface area contributed by atoms with Crippen LogP contribution >= 0.6 is 0 Å². The highest BCUT2D eigenvalue weighted by Gasteiger charge is 2.12. The molecule has 0 fully saturated rings. The van der Waals surface area contributed by atoms with Gasteiger partial charge in [0.25, 0.3) is 5.91 Å². The zero-order valence-corrected chi connectivity index (χ0v) is 20.1. The van der Waals surface area contributed by atoms with Gasteiger partial charge in [0, 0.05) is 61.5 Å². The van der Waals surface area contributed by atoms with Crippen molar-refractivity contribution in [2.24, 2.45) is 0 Å². The van der Waals surface area contributed by atoms with Crippen LogP contribution in [0.15, 0.2) is 61.2 Å². The molecule has 0 bridgehead atoms. The average molecular weight is 473 g/mol. The third-order valence-electron chi connectivity index (χ3n) is 5.50. The molecule has 10 heteroatoms. The van der Waals surface area contributed by atoms with E-state index >= 15 is 0 Å². The molecule has 0 aliphatic heterocycles. The number of benzene rings is 1. The van der Waals surface area contributed by atoms with Gasteiger partial charge < -0.3 is 20.7 Å². The maximum Gasteiger partial charge on any atom is 0.255 e. The predicted molar refractivity (Wildman–Crippen MR) is 136 cm³/mol. The van der Waals surface area contributed by atoms with Crippen LogP contribution in [0.25, 0.3) is 5.82 Å². The SMILES string of the molecule is CNc1cc(-n2nccc2Nc2cc(NC(=O)c3ccnc(CC(C)OC)c3)ccc2C)ncn1. The maximum absolute atomic E-state index is 12.9. The summed E-state index contributed by atoms with van der Waals surface area (Å²) in [5.41, 5.74) is 3.84. The number of ether oxygens (including phenoxy) is 1. The largest absolute Gasteiger partial charge is 0.381 e. The molecule has 1 amide bonds. The van der Waals surface area contributed by atoms with Crippen molar-refractivity contribution in [3.63, 3.8) is 0 Å². The topological polar surface area (TPSA) is 119 Å². The van der Waals surface area contributed by atoms with Crippen molar-refractivity contribution in [2.75, 3.05) is 30.1 Å². The number of amides is 1. The highest BCUT2D eigenvalue weighted by atomic mass is 16.5. The molecule has 1 atom stereocenters. The zero-order valence-electron chi connectivity index (χ0n) is 20.1. The van der Waals surface area contributed by atoms with E-state index in [2.05, 4.69) is 36.0 Å². The minimum absolute atomic E-state index is 0.0205. The number of methoxy groups -OCH3 is 1. The number of pyridine rings is 1. The zero-order chi connectivity index (χ0) is 24.8. The third-order valence-corrected chi connectivity index (χ3v) is 5.50. The van der Waals surface area contributed by atoms with E-state index in [9.17, 15) is 4.79 Å². The summed E-state index contributed by atoms with van der Waals surface area (Å²) >= 11 is 0. The second-order valence-corrected chi connectivity index (χ2v) is 8.03. The van der Waals surface area contributed by atoms with E-state index in [1.807, 2.05) is 38.1 Å². The maximum atomic E-state index is 12.9. The van der Waals surface area contributed by atoms with Gasteiger partial charge in [-0.3, -0.25) is 9.78 Å². The molecule has 10 nitrogen and oxygen atoms in total. The number of hydrogen-bond acceptors (Lipinski definition) is 8. The van der Waals surface area contributed by atoms with Gasteiger partial charge in [0.2, 0.25) is 0 Å². The van der Waals surface area contributed by atoms with Gasteiger partial charge in [-0.15, -0.1) is 0 Å². The van der Waals surface area contributed by atoms with E-state index in [1.165, 1.54) is 6.33 Å². The Labute approximate surface area is 203 Å². The molecule has 3 aromatic heterocycles. The number of hydrogen-bond donors (Lipinski definition) is 3. The molecule has 180 valence electrons. The van der Waals surface area contributed by atoms with Gasteiger partial charge in [-0.25, -0.2) is 9.97 Å². The van der Waals surface area contributed by atoms with Crippen LogP contribution in [-0.2, 0) is 11.2 Å². The van der Waals surface area contributed by atoms with Crippen molar-refractivity contribution < 1.29 is 9.53 Å². The molecule has 35 heavy (non-hydrogen) atoms. The molecule has 3 N–H and O–H groups in total. The number of rotatable bonds is 9. The Hall–Kier alpha value is -4.31. The van der Waals surface area contributed by atoms with E-state index in [0.717, 1.165) is 22.8 Å². The van der Waals surface area contributed by atoms with Crippen molar-refractivity contribution in [3.05, 3.63) is 78.0 Å². The number of carbonyl (C=O) groups excluding carboxylic acids is 1. The molecule has 0 aliphatic rings. The second-order valence-electron chi connectivity index (χ2n) is 8.03. The van der Waals surface area contributed by atoms with Gasteiger partial charge in [-0.05, 0) is 43.7 Å². The Morgan fingerprint density at radius 2 is 1.94 bits per heavy atom. The van der Waals surface area contributed by atoms with Crippen LogP contribution in [0.5, 0.6) is 0 Å². The number of aryl methyl sites for hydroxylation is 1. The fourth-order valence-electron chi connectivity index (χ4n) is 3.46. The lowest BCUT2D eigenvalue weighted by molar-refractivity contribution is 0.102. The average Bonchev–Trinajstić information content (AvgIpc) is 3.34. The number of nitrogens with zero attached hydrogens (tertiary/aromatic N) is 5. The summed E-state index contributed by atoms with van der Waals surface area (Å²) in [4.78, 5) is 25.7. The first-order chi connectivity index (χ1) is 17.0. The summed E-state index contributed by atoms with van der Waals surface area (Å²) in [5.74, 6) is 1.83. The Balaban J connectivity index is 1.52. The van der Waals surface area contributed by atoms with Gasteiger partial charge in [-0.2, -0.15) is 9.78 Å². The molecular weight excluding hydrogens is 444 g/mol. The molecule has 0 aliphatic carbocycles. The number of nitrogens with one attached hydrogen (secondary N) is 3. The van der Waals surface area contributed by atoms with Gasteiger partial charge in [0.15, 0.2) is 5.82 Å². The smallest absolute Gasteiger partial charge is 0.255 e. The fraction of sp³-hybridized carbons (Fsp3) is 0.240. The van der Waals surface area contributed by atoms with Crippen molar-refractivity contribution in [3.8, 4) is 5.82 Å². The minimum atomic E-state index is -0.209. The normalized spacial score (nSPS) is 11.7. The van der Waals surface area contributed by atoms with Gasteiger partial charge in [-0.1, -0.05) is 6.07 Å². The number of aromatic nitrogens is 5. The molecule has 0 spiro atoms.